The molecule has 0 heterocycles. The van der Waals surface area contributed by atoms with E-state index in [9.17, 15) is 9.59 Å². The molecule has 2 rings (SSSR count). The SMILES string of the molecule is COc1cccc(Cl)c1C(CC(=O)O)NC(=O)OCc1ccccc1. The normalized spacial score (nSPS) is 11.4. The van der Waals surface area contributed by atoms with E-state index in [-0.39, 0.29) is 13.0 Å². The largest absolute Gasteiger partial charge is 0.496 e. The van der Waals surface area contributed by atoms with Crippen molar-refractivity contribution in [1.82, 2.24) is 5.32 Å². The number of carboxylic acids is 1. The van der Waals surface area contributed by atoms with E-state index in [4.69, 9.17) is 26.2 Å². The Morgan fingerprint density at radius 2 is 1.88 bits per heavy atom. The number of benzene rings is 2. The van der Waals surface area contributed by atoms with Gasteiger partial charge in [0, 0.05) is 10.6 Å². The van der Waals surface area contributed by atoms with Crippen molar-refractivity contribution in [2.45, 2.75) is 19.1 Å². The van der Waals surface area contributed by atoms with Crippen molar-refractivity contribution in [3.8, 4) is 5.75 Å². The van der Waals surface area contributed by atoms with Gasteiger partial charge < -0.3 is 19.9 Å². The predicted molar refractivity (Wildman–Crippen MR) is 92.8 cm³/mol. The third-order valence-corrected chi connectivity index (χ3v) is 3.79. The fraction of sp³-hybridized carbons (Fsp3) is 0.222. The second-order valence-corrected chi connectivity index (χ2v) is 5.62. The van der Waals surface area contributed by atoms with Gasteiger partial charge in [-0.25, -0.2) is 4.79 Å². The molecule has 0 aliphatic rings. The second kappa shape index (κ2) is 8.94. The first-order valence-electron chi connectivity index (χ1n) is 7.52. The van der Waals surface area contributed by atoms with Crippen LogP contribution < -0.4 is 10.1 Å². The van der Waals surface area contributed by atoms with Crippen LogP contribution in [0.3, 0.4) is 0 Å². The van der Waals surface area contributed by atoms with E-state index in [0.29, 0.717) is 16.3 Å². The lowest BCUT2D eigenvalue weighted by Crippen LogP contribution is -2.31. The number of amides is 1. The molecule has 0 aromatic heterocycles. The lowest BCUT2D eigenvalue weighted by Gasteiger charge is -2.21. The van der Waals surface area contributed by atoms with Gasteiger partial charge in [-0.1, -0.05) is 48.0 Å². The number of hydrogen-bond acceptors (Lipinski definition) is 4. The van der Waals surface area contributed by atoms with Crippen LogP contribution >= 0.6 is 11.6 Å². The maximum atomic E-state index is 12.1. The van der Waals surface area contributed by atoms with E-state index in [2.05, 4.69) is 5.32 Å². The minimum atomic E-state index is -1.09. The van der Waals surface area contributed by atoms with Gasteiger partial charge in [0.2, 0.25) is 0 Å². The Kier molecular flexibility index (Phi) is 6.65. The van der Waals surface area contributed by atoms with Crippen LogP contribution in [0.1, 0.15) is 23.6 Å². The first kappa shape index (κ1) is 18.6. The van der Waals surface area contributed by atoms with Crippen LogP contribution in [0, 0.1) is 0 Å². The van der Waals surface area contributed by atoms with Gasteiger partial charge >= 0.3 is 12.1 Å². The first-order chi connectivity index (χ1) is 12.0. The monoisotopic (exact) mass is 363 g/mol. The average molecular weight is 364 g/mol. The Morgan fingerprint density at radius 1 is 1.16 bits per heavy atom. The van der Waals surface area contributed by atoms with Gasteiger partial charge in [0.1, 0.15) is 12.4 Å². The van der Waals surface area contributed by atoms with E-state index in [1.807, 2.05) is 30.3 Å². The van der Waals surface area contributed by atoms with Crippen molar-refractivity contribution in [2.24, 2.45) is 0 Å². The van der Waals surface area contributed by atoms with Gasteiger partial charge in [0.25, 0.3) is 0 Å². The number of carbonyl (C=O) groups is 2. The van der Waals surface area contributed by atoms with Crippen molar-refractivity contribution in [1.29, 1.82) is 0 Å². The van der Waals surface area contributed by atoms with Crippen LogP contribution in [-0.2, 0) is 16.1 Å². The van der Waals surface area contributed by atoms with E-state index in [0.717, 1.165) is 5.56 Å². The number of hydrogen-bond donors (Lipinski definition) is 2. The van der Waals surface area contributed by atoms with Crippen LogP contribution in [0.4, 0.5) is 4.79 Å². The maximum absolute atomic E-state index is 12.1. The molecule has 25 heavy (non-hydrogen) atoms. The molecule has 0 aliphatic heterocycles. The molecule has 0 fully saturated rings. The summed E-state index contributed by atoms with van der Waals surface area (Å²) in [6, 6.07) is 13.2. The zero-order valence-electron chi connectivity index (χ0n) is 13.6. The topological polar surface area (TPSA) is 84.9 Å². The van der Waals surface area contributed by atoms with Crippen LogP contribution in [0.15, 0.2) is 48.5 Å². The minimum absolute atomic E-state index is 0.0755. The number of carbonyl (C=O) groups excluding carboxylic acids is 1. The smallest absolute Gasteiger partial charge is 0.407 e. The Bertz CT molecular complexity index is 736. The summed E-state index contributed by atoms with van der Waals surface area (Å²) in [5.74, 6) is -0.697. The standard InChI is InChI=1S/C18H18ClNO5/c1-24-15-9-5-8-13(19)17(15)14(10-16(21)22)20-18(23)25-11-12-6-3-2-4-7-12/h2-9,14H,10-11H2,1H3,(H,20,23)(H,21,22). The van der Waals surface area contributed by atoms with Gasteiger partial charge in [0.05, 0.1) is 19.6 Å². The number of ether oxygens (including phenoxy) is 2. The summed E-state index contributed by atoms with van der Waals surface area (Å²) in [6.45, 7) is 0.0755. The van der Waals surface area contributed by atoms with E-state index in [1.54, 1.807) is 18.2 Å². The molecule has 0 saturated heterocycles. The van der Waals surface area contributed by atoms with Gasteiger partial charge in [0.15, 0.2) is 0 Å². The zero-order chi connectivity index (χ0) is 18.2. The molecule has 1 atom stereocenters. The highest BCUT2D eigenvalue weighted by Crippen LogP contribution is 2.33. The molecule has 6 nitrogen and oxygen atoms in total. The van der Waals surface area contributed by atoms with Gasteiger partial charge in [-0.2, -0.15) is 0 Å². The fourth-order valence-electron chi connectivity index (χ4n) is 2.34. The van der Waals surface area contributed by atoms with Crippen LogP contribution in [0.25, 0.3) is 0 Å². The molecule has 0 saturated carbocycles. The molecular weight excluding hydrogens is 346 g/mol. The third kappa shape index (κ3) is 5.39. The summed E-state index contributed by atoms with van der Waals surface area (Å²) in [5, 5.41) is 12.0. The molecule has 0 bridgehead atoms. The molecule has 132 valence electrons. The number of aliphatic carboxylic acids is 1. The molecule has 0 aliphatic carbocycles. The summed E-state index contributed by atoms with van der Waals surface area (Å²) in [5.41, 5.74) is 1.22. The average Bonchev–Trinajstić information content (AvgIpc) is 2.59. The number of carboxylic acid groups (broad SMARTS) is 1. The quantitative estimate of drug-likeness (QED) is 0.781. The minimum Gasteiger partial charge on any atom is -0.496 e. The van der Waals surface area contributed by atoms with Crippen molar-refractivity contribution in [2.75, 3.05) is 7.11 Å². The van der Waals surface area contributed by atoms with Crippen molar-refractivity contribution in [3.63, 3.8) is 0 Å². The molecule has 2 aromatic carbocycles. The van der Waals surface area contributed by atoms with E-state index >= 15 is 0 Å². The van der Waals surface area contributed by atoms with Crippen LogP contribution in [0.5, 0.6) is 5.75 Å². The Hall–Kier alpha value is -2.73. The molecular formula is C18H18ClNO5. The molecule has 2 N–H and O–H groups in total. The highest BCUT2D eigenvalue weighted by atomic mass is 35.5. The molecule has 2 aromatic rings. The zero-order valence-corrected chi connectivity index (χ0v) is 14.3. The number of nitrogens with one attached hydrogen (secondary N) is 1. The summed E-state index contributed by atoms with van der Waals surface area (Å²) in [6.07, 6.45) is -1.10. The van der Waals surface area contributed by atoms with Gasteiger partial charge in [-0.05, 0) is 17.7 Å². The Balaban J connectivity index is 2.13. The van der Waals surface area contributed by atoms with Gasteiger partial charge in [-0.15, -0.1) is 0 Å². The highest BCUT2D eigenvalue weighted by Gasteiger charge is 2.24. The molecule has 1 unspecified atom stereocenters. The number of rotatable bonds is 7. The maximum Gasteiger partial charge on any atom is 0.407 e. The van der Waals surface area contributed by atoms with Crippen molar-refractivity contribution < 1.29 is 24.2 Å². The number of halogens is 1. The van der Waals surface area contributed by atoms with Gasteiger partial charge in [-0.3, -0.25) is 4.79 Å². The molecule has 0 spiro atoms. The fourth-order valence-corrected chi connectivity index (χ4v) is 2.64. The second-order valence-electron chi connectivity index (χ2n) is 5.21. The third-order valence-electron chi connectivity index (χ3n) is 3.46. The molecule has 7 heteroatoms. The summed E-state index contributed by atoms with van der Waals surface area (Å²) in [4.78, 5) is 23.3. The number of alkyl carbamates (subject to hydrolysis) is 1. The Morgan fingerprint density at radius 3 is 2.52 bits per heavy atom. The molecule has 1 amide bonds. The van der Waals surface area contributed by atoms with E-state index in [1.165, 1.54) is 7.11 Å². The van der Waals surface area contributed by atoms with Crippen LogP contribution in [0.2, 0.25) is 5.02 Å². The highest BCUT2D eigenvalue weighted by molar-refractivity contribution is 6.31. The molecule has 0 radical (unpaired) electrons. The lowest BCUT2D eigenvalue weighted by molar-refractivity contribution is -0.137. The predicted octanol–water partition coefficient (Wildman–Crippen LogP) is 3.79. The lowest BCUT2D eigenvalue weighted by atomic mass is 10.0. The first-order valence-corrected chi connectivity index (χ1v) is 7.90. The van der Waals surface area contributed by atoms with E-state index < -0.39 is 18.1 Å². The summed E-state index contributed by atoms with van der Waals surface area (Å²) < 4.78 is 10.4. The number of methoxy groups -OCH3 is 1. The Labute approximate surface area is 150 Å². The summed E-state index contributed by atoms with van der Waals surface area (Å²) >= 11 is 6.18. The van der Waals surface area contributed by atoms with Crippen molar-refractivity contribution >= 4 is 23.7 Å². The summed E-state index contributed by atoms with van der Waals surface area (Å²) in [7, 11) is 1.45. The van der Waals surface area contributed by atoms with Crippen LogP contribution in [-0.4, -0.2) is 24.3 Å². The van der Waals surface area contributed by atoms with Crippen molar-refractivity contribution in [3.05, 3.63) is 64.7 Å².